The molecule has 2 amide bonds. The summed E-state index contributed by atoms with van der Waals surface area (Å²) in [6.45, 7) is 3.38. The molecule has 4 nitrogen and oxygen atoms in total. The third kappa shape index (κ3) is 4.41. The number of aryl methyl sites for hydroxylation is 2. The Morgan fingerprint density at radius 3 is 2.46 bits per heavy atom. The van der Waals surface area contributed by atoms with Crippen LogP contribution >= 0.6 is 15.9 Å². The van der Waals surface area contributed by atoms with Gasteiger partial charge >= 0.3 is 0 Å². The van der Waals surface area contributed by atoms with Crippen LogP contribution < -0.4 is 5.32 Å². The molecule has 2 rings (SSSR count). The average Bonchev–Trinajstić information content (AvgIpc) is 2.52. The summed E-state index contributed by atoms with van der Waals surface area (Å²) in [5.41, 5.74) is 2.28. The summed E-state index contributed by atoms with van der Waals surface area (Å²) >= 11 is 3.36. The Morgan fingerprint density at radius 2 is 1.83 bits per heavy atom. The predicted octanol–water partition coefficient (Wildman–Crippen LogP) is 3.92. The van der Waals surface area contributed by atoms with Gasteiger partial charge in [-0.1, -0.05) is 22.0 Å². The summed E-state index contributed by atoms with van der Waals surface area (Å²) in [7, 11) is 1.51. The van der Waals surface area contributed by atoms with Crippen molar-refractivity contribution in [2.45, 2.75) is 13.8 Å². The van der Waals surface area contributed by atoms with E-state index in [-0.39, 0.29) is 18.0 Å². The second-order valence-electron chi connectivity index (χ2n) is 5.63. The first-order chi connectivity index (χ1) is 11.3. The van der Waals surface area contributed by atoms with Gasteiger partial charge in [-0.05, 0) is 55.3 Å². The van der Waals surface area contributed by atoms with E-state index in [1.54, 1.807) is 25.1 Å². The molecule has 0 radical (unpaired) electrons. The summed E-state index contributed by atoms with van der Waals surface area (Å²) < 4.78 is 14.5. The van der Waals surface area contributed by atoms with Gasteiger partial charge < -0.3 is 10.2 Å². The van der Waals surface area contributed by atoms with Gasteiger partial charge in [0.1, 0.15) is 5.82 Å². The van der Waals surface area contributed by atoms with Crippen molar-refractivity contribution in [1.29, 1.82) is 0 Å². The van der Waals surface area contributed by atoms with Crippen LogP contribution in [0.5, 0.6) is 0 Å². The molecule has 0 saturated carbocycles. The number of hydrogen-bond acceptors (Lipinski definition) is 2. The molecule has 0 unspecified atom stereocenters. The summed E-state index contributed by atoms with van der Waals surface area (Å²) in [5.74, 6) is -1.16. The first kappa shape index (κ1) is 18.1. The van der Waals surface area contributed by atoms with Crippen LogP contribution in [0.2, 0.25) is 0 Å². The highest BCUT2D eigenvalue weighted by Crippen LogP contribution is 2.20. The maximum atomic E-state index is 13.6. The predicted molar refractivity (Wildman–Crippen MR) is 95.6 cm³/mol. The number of benzene rings is 2. The highest BCUT2D eigenvalue weighted by atomic mass is 79.9. The first-order valence-electron chi connectivity index (χ1n) is 7.35. The molecule has 0 saturated heterocycles. The van der Waals surface area contributed by atoms with Gasteiger partial charge in [-0.15, -0.1) is 0 Å². The topological polar surface area (TPSA) is 49.4 Å². The fourth-order valence-corrected chi connectivity index (χ4v) is 2.67. The van der Waals surface area contributed by atoms with Crippen molar-refractivity contribution < 1.29 is 14.0 Å². The van der Waals surface area contributed by atoms with E-state index in [2.05, 4.69) is 21.2 Å². The molecule has 0 aliphatic heterocycles. The molecule has 24 heavy (non-hydrogen) atoms. The second-order valence-corrected chi connectivity index (χ2v) is 6.55. The minimum Gasteiger partial charge on any atom is -0.332 e. The second kappa shape index (κ2) is 7.57. The molecule has 0 aliphatic carbocycles. The standard InChI is InChI=1S/C18H18BrFN2O2/c1-11-4-5-13(9-15(11)20)18(24)22(3)10-17(23)21-16-7-6-14(19)8-12(16)2/h4-9H,10H2,1-3H3,(H,21,23). The van der Waals surface area contributed by atoms with Gasteiger partial charge in [0.05, 0.1) is 6.54 Å². The summed E-state index contributed by atoms with van der Waals surface area (Å²) in [5, 5.41) is 2.77. The molecule has 0 bridgehead atoms. The van der Waals surface area contributed by atoms with Crippen molar-refractivity contribution in [3.63, 3.8) is 0 Å². The van der Waals surface area contributed by atoms with E-state index in [1.165, 1.54) is 18.0 Å². The number of hydrogen-bond donors (Lipinski definition) is 1. The smallest absolute Gasteiger partial charge is 0.254 e. The molecule has 1 N–H and O–H groups in total. The quantitative estimate of drug-likeness (QED) is 0.856. The summed E-state index contributed by atoms with van der Waals surface area (Å²) in [6.07, 6.45) is 0. The van der Waals surface area contributed by atoms with E-state index in [9.17, 15) is 14.0 Å². The van der Waals surface area contributed by atoms with Crippen LogP contribution in [0.3, 0.4) is 0 Å². The largest absolute Gasteiger partial charge is 0.332 e. The summed E-state index contributed by atoms with van der Waals surface area (Å²) in [4.78, 5) is 25.7. The first-order valence-corrected chi connectivity index (χ1v) is 8.15. The molecular formula is C18H18BrFN2O2. The Kier molecular flexibility index (Phi) is 5.72. The van der Waals surface area contributed by atoms with E-state index in [0.717, 1.165) is 10.0 Å². The third-order valence-corrected chi connectivity index (χ3v) is 4.10. The van der Waals surface area contributed by atoms with Gasteiger partial charge in [-0.2, -0.15) is 0 Å². The fourth-order valence-electron chi connectivity index (χ4n) is 2.19. The van der Waals surface area contributed by atoms with Crippen LogP contribution in [0.15, 0.2) is 40.9 Å². The number of amides is 2. The zero-order chi connectivity index (χ0) is 17.9. The maximum Gasteiger partial charge on any atom is 0.254 e. The monoisotopic (exact) mass is 392 g/mol. The minimum absolute atomic E-state index is 0.121. The lowest BCUT2D eigenvalue weighted by Crippen LogP contribution is -2.35. The molecule has 0 aliphatic rings. The molecular weight excluding hydrogens is 375 g/mol. The van der Waals surface area contributed by atoms with Crippen molar-refractivity contribution in [2.24, 2.45) is 0 Å². The Hall–Kier alpha value is -2.21. The number of rotatable bonds is 4. The Morgan fingerprint density at radius 1 is 1.12 bits per heavy atom. The van der Waals surface area contributed by atoms with E-state index >= 15 is 0 Å². The van der Waals surface area contributed by atoms with Gasteiger partial charge in [0.2, 0.25) is 5.91 Å². The van der Waals surface area contributed by atoms with Crippen molar-refractivity contribution in [1.82, 2.24) is 4.90 Å². The number of carbonyl (C=O) groups excluding carboxylic acids is 2. The fraction of sp³-hybridized carbons (Fsp3) is 0.222. The average molecular weight is 393 g/mol. The maximum absolute atomic E-state index is 13.6. The van der Waals surface area contributed by atoms with Crippen LogP contribution in [-0.2, 0) is 4.79 Å². The Balaban J connectivity index is 2.02. The molecule has 2 aromatic rings. The third-order valence-electron chi connectivity index (χ3n) is 3.61. The van der Waals surface area contributed by atoms with E-state index in [4.69, 9.17) is 0 Å². The van der Waals surface area contributed by atoms with Crippen molar-refractivity contribution in [3.8, 4) is 0 Å². The lowest BCUT2D eigenvalue weighted by Gasteiger charge is -2.17. The van der Waals surface area contributed by atoms with E-state index in [1.807, 2.05) is 19.1 Å². The van der Waals surface area contributed by atoms with Crippen LogP contribution in [0, 0.1) is 19.7 Å². The number of nitrogens with zero attached hydrogens (tertiary/aromatic N) is 1. The molecule has 0 atom stereocenters. The number of halogens is 2. The van der Waals surface area contributed by atoms with Gasteiger partial charge in [0, 0.05) is 22.8 Å². The van der Waals surface area contributed by atoms with Crippen LogP contribution in [0.1, 0.15) is 21.5 Å². The van der Waals surface area contributed by atoms with Gasteiger partial charge in [0.15, 0.2) is 0 Å². The van der Waals surface area contributed by atoms with Gasteiger partial charge in [-0.3, -0.25) is 9.59 Å². The highest BCUT2D eigenvalue weighted by Gasteiger charge is 2.16. The molecule has 2 aromatic carbocycles. The SMILES string of the molecule is Cc1ccc(C(=O)N(C)CC(=O)Nc2ccc(Br)cc2C)cc1F. The van der Waals surface area contributed by atoms with Crippen LogP contribution in [-0.4, -0.2) is 30.3 Å². The van der Waals surface area contributed by atoms with Crippen molar-refractivity contribution >= 4 is 33.4 Å². The summed E-state index contributed by atoms with van der Waals surface area (Å²) in [6, 6.07) is 9.78. The van der Waals surface area contributed by atoms with Crippen molar-refractivity contribution in [2.75, 3.05) is 18.9 Å². The zero-order valence-corrected chi connectivity index (χ0v) is 15.3. The number of nitrogens with one attached hydrogen (secondary N) is 1. The lowest BCUT2D eigenvalue weighted by molar-refractivity contribution is -0.116. The zero-order valence-electron chi connectivity index (χ0n) is 13.7. The normalized spacial score (nSPS) is 10.4. The number of likely N-dealkylation sites (N-methyl/N-ethyl adjacent to an activating group) is 1. The van der Waals surface area contributed by atoms with E-state index < -0.39 is 11.7 Å². The minimum atomic E-state index is -0.441. The molecule has 0 aromatic heterocycles. The van der Waals surface area contributed by atoms with E-state index in [0.29, 0.717) is 11.3 Å². The van der Waals surface area contributed by atoms with Gasteiger partial charge in [0.25, 0.3) is 5.91 Å². The number of anilines is 1. The Labute approximate surface area is 148 Å². The highest BCUT2D eigenvalue weighted by molar-refractivity contribution is 9.10. The van der Waals surface area contributed by atoms with Crippen LogP contribution in [0.4, 0.5) is 10.1 Å². The number of carbonyl (C=O) groups is 2. The molecule has 0 spiro atoms. The van der Waals surface area contributed by atoms with Crippen LogP contribution in [0.25, 0.3) is 0 Å². The molecule has 0 fully saturated rings. The van der Waals surface area contributed by atoms with Crippen molar-refractivity contribution in [3.05, 3.63) is 63.4 Å². The molecule has 0 heterocycles. The lowest BCUT2D eigenvalue weighted by atomic mass is 10.1. The molecule has 126 valence electrons. The molecule has 6 heteroatoms. The Bertz CT molecular complexity index is 793. The van der Waals surface area contributed by atoms with Gasteiger partial charge in [-0.25, -0.2) is 4.39 Å².